The van der Waals surface area contributed by atoms with Crippen LogP contribution in [0.4, 0.5) is 11.4 Å². The zero-order valence-electron chi connectivity index (χ0n) is 17.6. The summed E-state index contributed by atoms with van der Waals surface area (Å²) in [6, 6.07) is 8.30. The molecule has 0 aliphatic carbocycles. The maximum absolute atomic E-state index is 12.5. The highest BCUT2D eigenvalue weighted by Gasteiger charge is 2.19. The van der Waals surface area contributed by atoms with Crippen molar-refractivity contribution in [1.29, 1.82) is 0 Å². The Labute approximate surface area is 200 Å². The summed E-state index contributed by atoms with van der Waals surface area (Å²) in [5, 5.41) is 30.5. The van der Waals surface area contributed by atoms with Gasteiger partial charge in [0, 0.05) is 17.7 Å². The Hall–Kier alpha value is -3.01. The predicted octanol–water partition coefficient (Wildman–Crippen LogP) is 3.21. The van der Waals surface area contributed by atoms with Crippen LogP contribution in [0.15, 0.2) is 30.3 Å². The smallest absolute Gasteiger partial charge is 0.303 e. The molecule has 1 unspecified atom stereocenters. The van der Waals surface area contributed by atoms with Crippen LogP contribution in [0, 0.1) is 0 Å². The van der Waals surface area contributed by atoms with Gasteiger partial charge in [-0.2, -0.15) is 0 Å². The molecule has 176 valence electrons. The zero-order valence-corrected chi connectivity index (χ0v) is 19.1. The molecule has 1 heterocycles. The number of halogens is 2. The molecule has 2 amide bonds. The van der Waals surface area contributed by atoms with Crippen LogP contribution < -0.4 is 21.3 Å². The molecular weight excluding hydrogens is 471 g/mol. The molecule has 33 heavy (non-hydrogen) atoms. The van der Waals surface area contributed by atoms with Gasteiger partial charge in [-0.05, 0) is 55.6 Å². The number of carbonyl (C=O) groups is 3. The summed E-state index contributed by atoms with van der Waals surface area (Å²) in [4.78, 5) is 35.6. The van der Waals surface area contributed by atoms with E-state index in [0.717, 1.165) is 25.1 Å². The number of phenolic OH excluding ortho intramolecular Hbond substituents is 1. The first-order chi connectivity index (χ1) is 15.7. The van der Waals surface area contributed by atoms with Gasteiger partial charge in [-0.15, -0.1) is 0 Å². The predicted molar refractivity (Wildman–Crippen MR) is 126 cm³/mol. The van der Waals surface area contributed by atoms with Gasteiger partial charge in [-0.1, -0.05) is 29.3 Å². The molecule has 0 radical (unpaired) electrons. The lowest BCUT2D eigenvalue weighted by Gasteiger charge is -2.15. The van der Waals surface area contributed by atoms with Crippen molar-refractivity contribution in [1.82, 2.24) is 10.6 Å². The van der Waals surface area contributed by atoms with E-state index in [9.17, 15) is 19.5 Å². The van der Waals surface area contributed by atoms with Crippen molar-refractivity contribution < 1.29 is 24.6 Å². The van der Waals surface area contributed by atoms with Crippen LogP contribution in [-0.4, -0.2) is 47.3 Å². The number of anilines is 2. The minimum absolute atomic E-state index is 0.0234. The molecule has 0 spiro atoms. The van der Waals surface area contributed by atoms with E-state index < -0.39 is 17.8 Å². The monoisotopic (exact) mass is 494 g/mol. The number of nitrogens with one attached hydrogen (secondary N) is 4. The highest BCUT2D eigenvalue weighted by atomic mass is 35.5. The topological polar surface area (TPSA) is 140 Å². The molecule has 0 bridgehead atoms. The van der Waals surface area contributed by atoms with E-state index in [1.54, 1.807) is 18.2 Å². The number of rotatable bonds is 9. The van der Waals surface area contributed by atoms with E-state index in [1.165, 1.54) is 6.07 Å². The Morgan fingerprint density at radius 3 is 2.67 bits per heavy atom. The number of amides is 2. The summed E-state index contributed by atoms with van der Waals surface area (Å²) < 4.78 is 0. The molecule has 1 aliphatic rings. The molecule has 1 fully saturated rings. The van der Waals surface area contributed by atoms with E-state index >= 15 is 0 Å². The summed E-state index contributed by atoms with van der Waals surface area (Å²) in [6.45, 7) is 0.596. The standard InChI is InChI=1S/C22H24Cl2N4O5/c23-15-10-12(6-7-18(30)31)21(32)19(24)20(15)28-17(29)11-26-22(33)13-3-1-4-14(9-13)27-16-5-2-8-25-16/h1,3-4,9-10,16,25,27,32H,2,5-8,11H2,(H,26,33)(H,28,29)(H,30,31). The van der Waals surface area contributed by atoms with Crippen molar-refractivity contribution in [2.45, 2.75) is 31.8 Å². The summed E-state index contributed by atoms with van der Waals surface area (Å²) in [5.41, 5.74) is 1.41. The Balaban J connectivity index is 1.58. The van der Waals surface area contributed by atoms with Crippen LogP contribution in [0.3, 0.4) is 0 Å². The highest BCUT2D eigenvalue weighted by Crippen LogP contribution is 2.40. The van der Waals surface area contributed by atoms with E-state index in [2.05, 4.69) is 21.3 Å². The fourth-order valence-corrected chi connectivity index (χ4v) is 4.00. The first-order valence-corrected chi connectivity index (χ1v) is 11.1. The van der Waals surface area contributed by atoms with Crippen LogP contribution in [-0.2, 0) is 16.0 Å². The van der Waals surface area contributed by atoms with Crippen LogP contribution in [0.1, 0.15) is 35.2 Å². The minimum Gasteiger partial charge on any atom is -0.506 e. The van der Waals surface area contributed by atoms with E-state index in [4.69, 9.17) is 28.3 Å². The Kier molecular flexibility index (Phi) is 8.37. The summed E-state index contributed by atoms with van der Waals surface area (Å²) >= 11 is 12.3. The van der Waals surface area contributed by atoms with E-state index in [0.29, 0.717) is 5.56 Å². The molecule has 2 aromatic rings. The second-order valence-electron chi connectivity index (χ2n) is 7.55. The molecule has 9 nitrogen and oxygen atoms in total. The third-order valence-electron chi connectivity index (χ3n) is 5.08. The van der Waals surface area contributed by atoms with Crippen molar-refractivity contribution >= 4 is 52.4 Å². The van der Waals surface area contributed by atoms with Gasteiger partial charge in [0.05, 0.1) is 23.4 Å². The van der Waals surface area contributed by atoms with Crippen LogP contribution in [0.5, 0.6) is 5.75 Å². The fraction of sp³-hybridized carbons (Fsp3) is 0.318. The number of hydrogen-bond donors (Lipinski definition) is 6. The lowest BCUT2D eigenvalue weighted by atomic mass is 10.1. The molecule has 1 aliphatic heterocycles. The minimum atomic E-state index is -1.04. The summed E-state index contributed by atoms with van der Waals surface area (Å²) in [5.74, 6) is -2.43. The second kappa shape index (κ2) is 11.2. The second-order valence-corrected chi connectivity index (χ2v) is 8.34. The van der Waals surface area contributed by atoms with Gasteiger partial charge in [0.25, 0.3) is 5.91 Å². The Morgan fingerprint density at radius 2 is 1.97 bits per heavy atom. The number of carboxylic acids is 1. The van der Waals surface area contributed by atoms with Crippen molar-refractivity contribution in [3.05, 3.63) is 51.5 Å². The fourth-order valence-electron chi connectivity index (χ4n) is 3.41. The average molecular weight is 495 g/mol. The van der Waals surface area contributed by atoms with Crippen molar-refractivity contribution in [3.63, 3.8) is 0 Å². The zero-order chi connectivity index (χ0) is 24.0. The molecule has 2 aromatic carbocycles. The van der Waals surface area contributed by atoms with Gasteiger partial charge in [0.15, 0.2) is 0 Å². The number of hydrogen-bond acceptors (Lipinski definition) is 6. The highest BCUT2D eigenvalue weighted by molar-refractivity contribution is 6.40. The molecule has 11 heteroatoms. The number of benzene rings is 2. The van der Waals surface area contributed by atoms with Crippen molar-refractivity contribution in [3.8, 4) is 5.75 Å². The number of aromatic hydroxyl groups is 1. The van der Waals surface area contributed by atoms with Crippen LogP contribution >= 0.6 is 23.2 Å². The number of aryl methyl sites for hydroxylation is 1. The quantitative estimate of drug-likeness (QED) is 0.314. The lowest BCUT2D eigenvalue weighted by Crippen LogP contribution is -2.33. The largest absolute Gasteiger partial charge is 0.506 e. The third-order valence-corrected chi connectivity index (χ3v) is 5.75. The number of aliphatic carboxylic acids is 1. The van der Waals surface area contributed by atoms with Gasteiger partial charge in [0.1, 0.15) is 10.8 Å². The molecular formula is C22H24Cl2N4O5. The number of phenols is 1. The maximum atomic E-state index is 12.5. The average Bonchev–Trinajstić information content (AvgIpc) is 3.29. The molecule has 1 atom stereocenters. The first kappa shape index (κ1) is 24.6. The summed E-state index contributed by atoms with van der Waals surface area (Å²) in [7, 11) is 0. The first-order valence-electron chi connectivity index (χ1n) is 10.3. The van der Waals surface area contributed by atoms with E-state index in [-0.39, 0.29) is 52.6 Å². The van der Waals surface area contributed by atoms with Gasteiger partial charge in [-0.3, -0.25) is 19.7 Å². The number of carbonyl (C=O) groups excluding carboxylic acids is 2. The van der Waals surface area contributed by atoms with Crippen LogP contribution in [0.25, 0.3) is 0 Å². The van der Waals surface area contributed by atoms with Crippen molar-refractivity contribution in [2.75, 3.05) is 23.7 Å². The maximum Gasteiger partial charge on any atom is 0.303 e. The van der Waals surface area contributed by atoms with Gasteiger partial charge >= 0.3 is 5.97 Å². The number of carboxylic acid groups (broad SMARTS) is 1. The van der Waals surface area contributed by atoms with E-state index in [1.807, 2.05) is 6.07 Å². The van der Waals surface area contributed by atoms with Crippen molar-refractivity contribution in [2.24, 2.45) is 0 Å². The Morgan fingerprint density at radius 1 is 1.18 bits per heavy atom. The van der Waals surface area contributed by atoms with Gasteiger partial charge in [-0.25, -0.2) is 0 Å². The molecule has 0 aromatic heterocycles. The lowest BCUT2D eigenvalue weighted by molar-refractivity contribution is -0.137. The molecule has 6 N–H and O–H groups in total. The molecule has 0 saturated carbocycles. The van der Waals surface area contributed by atoms with Gasteiger partial charge < -0.3 is 26.2 Å². The van der Waals surface area contributed by atoms with Gasteiger partial charge in [0.2, 0.25) is 5.91 Å². The summed E-state index contributed by atoms with van der Waals surface area (Å²) in [6.07, 6.45) is 2.05. The molecule has 3 rings (SSSR count). The van der Waals surface area contributed by atoms with Crippen LogP contribution in [0.2, 0.25) is 10.0 Å². The molecule has 1 saturated heterocycles. The normalized spacial score (nSPS) is 15.2. The Bertz CT molecular complexity index is 1060. The third kappa shape index (κ3) is 6.74. The SMILES string of the molecule is O=C(O)CCc1cc(Cl)c(NC(=O)CNC(=O)c2cccc(NC3CCCN3)c2)c(Cl)c1O.